The van der Waals surface area contributed by atoms with Crippen molar-refractivity contribution in [1.82, 2.24) is 0 Å². The molecule has 0 saturated carbocycles. The standard InChI is InChI=1S/C13H15NO4/c1-3-12(16)14-11-6-4-10(5-7-11)13(17)18-8-9(2)15/h4-7H,3,8H2,1-2H3,(H,14,16). The van der Waals surface area contributed by atoms with E-state index in [2.05, 4.69) is 5.32 Å². The van der Waals surface area contributed by atoms with Gasteiger partial charge in [-0.15, -0.1) is 0 Å². The second kappa shape index (κ2) is 6.54. The van der Waals surface area contributed by atoms with Gasteiger partial charge in [0.15, 0.2) is 5.78 Å². The Kier molecular flexibility index (Phi) is 5.05. The summed E-state index contributed by atoms with van der Waals surface area (Å²) in [6, 6.07) is 6.29. The molecule has 1 amide bonds. The van der Waals surface area contributed by atoms with Crippen LogP contribution in [0.4, 0.5) is 5.69 Å². The Morgan fingerprint density at radius 3 is 2.28 bits per heavy atom. The number of anilines is 1. The van der Waals surface area contributed by atoms with Gasteiger partial charge in [-0.2, -0.15) is 0 Å². The van der Waals surface area contributed by atoms with Crippen molar-refractivity contribution in [2.45, 2.75) is 20.3 Å². The molecular weight excluding hydrogens is 234 g/mol. The average Bonchev–Trinajstić information content (AvgIpc) is 2.36. The lowest BCUT2D eigenvalue weighted by Gasteiger charge is -2.05. The molecule has 1 N–H and O–H groups in total. The van der Waals surface area contributed by atoms with Crippen LogP contribution in [0.15, 0.2) is 24.3 Å². The van der Waals surface area contributed by atoms with Gasteiger partial charge in [0.2, 0.25) is 5.91 Å². The van der Waals surface area contributed by atoms with Crippen molar-refractivity contribution < 1.29 is 19.1 Å². The third kappa shape index (κ3) is 4.37. The summed E-state index contributed by atoms with van der Waals surface area (Å²) in [5, 5.41) is 2.66. The highest BCUT2D eigenvalue weighted by Gasteiger charge is 2.08. The average molecular weight is 249 g/mol. The van der Waals surface area contributed by atoms with Crippen LogP contribution in [0, 0.1) is 0 Å². The third-order valence-electron chi connectivity index (χ3n) is 2.13. The molecule has 0 saturated heterocycles. The summed E-state index contributed by atoms with van der Waals surface area (Å²) >= 11 is 0. The zero-order chi connectivity index (χ0) is 13.5. The van der Waals surface area contributed by atoms with E-state index < -0.39 is 5.97 Å². The van der Waals surface area contributed by atoms with Crippen molar-refractivity contribution in [1.29, 1.82) is 0 Å². The molecule has 5 nitrogen and oxygen atoms in total. The largest absolute Gasteiger partial charge is 0.454 e. The Labute approximate surface area is 105 Å². The summed E-state index contributed by atoms with van der Waals surface area (Å²) in [4.78, 5) is 33.3. The zero-order valence-electron chi connectivity index (χ0n) is 10.4. The van der Waals surface area contributed by atoms with Crippen LogP contribution in [0.25, 0.3) is 0 Å². The Morgan fingerprint density at radius 2 is 1.78 bits per heavy atom. The SMILES string of the molecule is CCC(=O)Nc1ccc(C(=O)OCC(C)=O)cc1. The number of amides is 1. The Hall–Kier alpha value is -2.17. The minimum atomic E-state index is -0.557. The molecule has 5 heteroatoms. The first-order valence-corrected chi connectivity index (χ1v) is 5.59. The van der Waals surface area contributed by atoms with Crippen LogP contribution in [0.1, 0.15) is 30.6 Å². The molecule has 0 bridgehead atoms. The minimum Gasteiger partial charge on any atom is -0.454 e. The molecule has 18 heavy (non-hydrogen) atoms. The van der Waals surface area contributed by atoms with Gasteiger partial charge < -0.3 is 10.1 Å². The van der Waals surface area contributed by atoms with Crippen molar-refractivity contribution in [3.8, 4) is 0 Å². The Balaban J connectivity index is 2.62. The molecule has 0 aromatic heterocycles. The molecule has 1 rings (SSSR count). The maximum absolute atomic E-state index is 11.5. The summed E-state index contributed by atoms with van der Waals surface area (Å²) in [5.74, 6) is -0.865. The summed E-state index contributed by atoms with van der Waals surface area (Å²) in [7, 11) is 0. The monoisotopic (exact) mass is 249 g/mol. The van der Waals surface area contributed by atoms with Crippen LogP contribution in [0.5, 0.6) is 0 Å². The molecule has 1 aromatic carbocycles. The maximum atomic E-state index is 11.5. The number of hydrogen-bond acceptors (Lipinski definition) is 4. The fourth-order valence-electron chi connectivity index (χ4n) is 1.19. The molecule has 1 aromatic rings. The number of rotatable bonds is 5. The third-order valence-corrected chi connectivity index (χ3v) is 2.13. The van der Waals surface area contributed by atoms with E-state index in [1.165, 1.54) is 19.1 Å². The fraction of sp³-hybridized carbons (Fsp3) is 0.308. The van der Waals surface area contributed by atoms with Crippen LogP contribution in [-0.2, 0) is 14.3 Å². The second-order valence-electron chi connectivity index (χ2n) is 3.76. The molecule has 0 aliphatic heterocycles. The van der Waals surface area contributed by atoms with E-state index in [9.17, 15) is 14.4 Å². The highest BCUT2D eigenvalue weighted by atomic mass is 16.5. The molecule has 0 atom stereocenters. The number of hydrogen-bond donors (Lipinski definition) is 1. The van der Waals surface area contributed by atoms with Gasteiger partial charge in [-0.1, -0.05) is 6.92 Å². The van der Waals surface area contributed by atoms with Crippen LogP contribution >= 0.6 is 0 Å². The van der Waals surface area contributed by atoms with Gasteiger partial charge in [0, 0.05) is 12.1 Å². The first kappa shape index (κ1) is 13.9. The molecule has 0 aliphatic carbocycles. The molecule has 0 heterocycles. The van der Waals surface area contributed by atoms with E-state index in [4.69, 9.17) is 4.74 Å². The molecule has 0 radical (unpaired) electrons. The molecule has 0 spiro atoms. The summed E-state index contributed by atoms with van der Waals surface area (Å²) in [5.41, 5.74) is 0.954. The van der Waals surface area contributed by atoms with Crippen molar-refractivity contribution in [3.63, 3.8) is 0 Å². The lowest BCUT2D eigenvalue weighted by Crippen LogP contribution is -2.12. The van der Waals surface area contributed by atoms with E-state index in [0.29, 0.717) is 17.7 Å². The number of benzene rings is 1. The number of carbonyl (C=O) groups excluding carboxylic acids is 3. The van der Waals surface area contributed by atoms with E-state index in [1.54, 1.807) is 19.1 Å². The predicted octanol–water partition coefficient (Wildman–Crippen LogP) is 1.78. The number of Topliss-reactive ketones (excluding diaryl/α,β-unsaturated/α-hetero) is 1. The van der Waals surface area contributed by atoms with Crippen molar-refractivity contribution in [2.24, 2.45) is 0 Å². The Bertz CT molecular complexity index is 451. The number of ketones is 1. The van der Waals surface area contributed by atoms with Crippen molar-refractivity contribution >= 4 is 23.3 Å². The lowest BCUT2D eigenvalue weighted by atomic mass is 10.2. The minimum absolute atomic E-state index is 0.0955. The first-order valence-electron chi connectivity index (χ1n) is 5.59. The molecule has 0 unspecified atom stereocenters. The second-order valence-corrected chi connectivity index (χ2v) is 3.76. The van der Waals surface area contributed by atoms with Crippen molar-refractivity contribution in [2.75, 3.05) is 11.9 Å². The van der Waals surface area contributed by atoms with Gasteiger partial charge in [0.05, 0.1) is 5.56 Å². The number of ether oxygens (including phenoxy) is 1. The van der Waals surface area contributed by atoms with Crippen LogP contribution < -0.4 is 5.32 Å². The lowest BCUT2D eigenvalue weighted by molar-refractivity contribution is -0.120. The zero-order valence-corrected chi connectivity index (χ0v) is 10.4. The summed E-state index contributed by atoms with van der Waals surface area (Å²) in [6.07, 6.45) is 0.391. The highest BCUT2D eigenvalue weighted by molar-refractivity contribution is 5.93. The van der Waals surface area contributed by atoms with E-state index in [-0.39, 0.29) is 18.3 Å². The molecule has 0 aliphatic rings. The van der Waals surface area contributed by atoms with Crippen LogP contribution in [0.2, 0.25) is 0 Å². The van der Waals surface area contributed by atoms with Gasteiger partial charge in [0.25, 0.3) is 0 Å². The number of carbonyl (C=O) groups is 3. The predicted molar refractivity (Wildman–Crippen MR) is 66.3 cm³/mol. The van der Waals surface area contributed by atoms with Gasteiger partial charge >= 0.3 is 5.97 Å². The van der Waals surface area contributed by atoms with Crippen molar-refractivity contribution in [3.05, 3.63) is 29.8 Å². The van der Waals surface area contributed by atoms with E-state index in [0.717, 1.165) is 0 Å². The quantitative estimate of drug-likeness (QED) is 0.807. The maximum Gasteiger partial charge on any atom is 0.338 e. The fourth-order valence-corrected chi connectivity index (χ4v) is 1.19. The van der Waals surface area contributed by atoms with Gasteiger partial charge in [0.1, 0.15) is 6.61 Å². The van der Waals surface area contributed by atoms with E-state index >= 15 is 0 Å². The van der Waals surface area contributed by atoms with Gasteiger partial charge in [-0.05, 0) is 31.2 Å². The topological polar surface area (TPSA) is 72.5 Å². The van der Waals surface area contributed by atoms with E-state index in [1.807, 2.05) is 0 Å². The first-order chi connectivity index (χ1) is 8.52. The summed E-state index contributed by atoms with van der Waals surface area (Å²) in [6.45, 7) is 2.87. The normalized spacial score (nSPS) is 9.67. The number of esters is 1. The molecular formula is C13H15NO4. The Morgan fingerprint density at radius 1 is 1.17 bits per heavy atom. The van der Waals surface area contributed by atoms with Gasteiger partial charge in [-0.25, -0.2) is 4.79 Å². The molecule has 96 valence electrons. The number of nitrogens with one attached hydrogen (secondary N) is 1. The smallest absolute Gasteiger partial charge is 0.338 e. The van der Waals surface area contributed by atoms with Crippen LogP contribution in [-0.4, -0.2) is 24.3 Å². The highest BCUT2D eigenvalue weighted by Crippen LogP contribution is 2.10. The van der Waals surface area contributed by atoms with Gasteiger partial charge in [-0.3, -0.25) is 9.59 Å². The summed E-state index contributed by atoms with van der Waals surface area (Å²) < 4.78 is 4.76. The van der Waals surface area contributed by atoms with Crippen LogP contribution in [0.3, 0.4) is 0 Å². The molecule has 0 fully saturated rings.